The second-order valence-electron chi connectivity index (χ2n) is 0.396. The molecule has 0 bridgehead atoms. The lowest BCUT2D eigenvalue weighted by Crippen LogP contribution is -2.58. The van der Waals surface area contributed by atoms with Crippen molar-refractivity contribution < 1.29 is 28.9 Å². The van der Waals surface area contributed by atoms with E-state index < -0.39 is 10.2 Å². The Hall–Kier alpha value is 0.622. The van der Waals surface area contributed by atoms with Gasteiger partial charge in [0.25, 0.3) is 0 Å². The molecule has 0 saturated heterocycles. The van der Waals surface area contributed by atoms with Gasteiger partial charge in [-0.3, -0.25) is 0 Å². The monoisotopic (exact) mass is 143 g/mol. The maximum atomic E-state index is 8.60. The molecule has 0 unspecified atom stereocenters. The Kier molecular flexibility index (Phi) is 7.21. The van der Waals surface area contributed by atoms with Crippen LogP contribution in [0.15, 0.2) is 0 Å². The van der Waals surface area contributed by atoms with Crippen molar-refractivity contribution in [3.05, 3.63) is 0 Å². The van der Waals surface area contributed by atoms with Crippen molar-refractivity contribution >= 4 is 16.5 Å². The Bertz CT molecular complexity index is 27.2. The van der Waals surface area contributed by atoms with Crippen molar-refractivity contribution in [2.24, 2.45) is 4.72 Å². The second-order valence-corrected chi connectivity index (χ2v) is 1.19. The van der Waals surface area contributed by atoms with Gasteiger partial charge in [0, 0.05) is 0 Å². The summed E-state index contributed by atoms with van der Waals surface area (Å²) in [5, 5.41) is 0. The average molecular weight is 143 g/mol. The molecule has 0 aliphatic heterocycles. The molecule has 0 atom stereocenters. The number of hydrogen-bond acceptors (Lipinski definition) is 5. The van der Waals surface area contributed by atoms with Crippen molar-refractivity contribution in [3.8, 4) is 0 Å². The van der Waals surface area contributed by atoms with Crippen molar-refractivity contribution in [2.75, 3.05) is 0 Å². The molecule has 5 nitrogen and oxygen atoms in total. The van der Waals surface area contributed by atoms with Crippen LogP contribution in [0.1, 0.15) is 0 Å². The summed E-state index contributed by atoms with van der Waals surface area (Å²) in [6, 6.07) is 0. The van der Waals surface area contributed by atoms with E-state index in [1.807, 2.05) is 16.5 Å². The van der Waals surface area contributed by atoms with Gasteiger partial charge in [0.15, 0.2) is 0 Å². The molecule has 0 aromatic carbocycles. The van der Waals surface area contributed by atoms with Gasteiger partial charge < -0.3 is 4.72 Å². The van der Waals surface area contributed by atoms with Gasteiger partial charge in [-0.25, -0.2) is 0 Å². The molecular formula is H3AlClNO4. The highest BCUT2D eigenvalue weighted by molar-refractivity contribution is 6.02. The third kappa shape index (κ3) is 365. The Morgan fingerprint density at radius 1 is 1.29 bits per heavy atom. The fourth-order valence-corrected chi connectivity index (χ4v) is 0. The predicted molar refractivity (Wildman–Crippen MR) is 12.2 cm³/mol. The van der Waals surface area contributed by atoms with Crippen molar-refractivity contribution in [2.45, 2.75) is 0 Å². The molecule has 0 amide bonds. The van der Waals surface area contributed by atoms with Gasteiger partial charge in [-0.2, -0.15) is 14.0 Å². The van der Waals surface area contributed by atoms with E-state index in [2.05, 4.69) is 4.72 Å². The zero-order chi connectivity index (χ0) is 6.50. The van der Waals surface area contributed by atoms with E-state index in [0.29, 0.717) is 0 Å². The molecule has 7 heavy (non-hydrogen) atoms. The van der Waals surface area contributed by atoms with Crippen LogP contribution in [0.3, 0.4) is 0 Å². The Labute approximate surface area is 50.7 Å². The SMILES string of the molecule is [NH2][Al].[O-][Cl+3]([O-])([O-])O. The lowest BCUT2D eigenvalue weighted by molar-refractivity contribution is -1.92. The molecule has 0 fully saturated rings. The summed E-state index contributed by atoms with van der Waals surface area (Å²) >= 11 is 1.92. The highest BCUT2D eigenvalue weighted by atomic mass is 35.7. The zero-order valence-corrected chi connectivity index (χ0v) is 5.12. The van der Waals surface area contributed by atoms with E-state index in [-0.39, 0.29) is 0 Å². The number of hydrogen-bond donors (Lipinski definition) is 2. The minimum Gasteiger partial charge on any atom is -0.428 e. The highest BCUT2D eigenvalue weighted by Crippen LogP contribution is 1.60. The van der Waals surface area contributed by atoms with Gasteiger partial charge in [-0.15, -0.1) is 0 Å². The summed E-state index contributed by atoms with van der Waals surface area (Å²) in [5.74, 6) is 0. The average Bonchev–Trinajstić information content (AvgIpc) is 1.36. The molecular weight excluding hydrogens is 140 g/mol. The Balaban J connectivity index is 0. The van der Waals surface area contributed by atoms with Crippen molar-refractivity contribution in [3.63, 3.8) is 0 Å². The molecule has 42 valence electrons. The van der Waals surface area contributed by atoms with E-state index in [0.717, 1.165) is 0 Å². The number of halogens is 1. The zero-order valence-electron chi connectivity index (χ0n) is 3.20. The highest BCUT2D eigenvalue weighted by Gasteiger charge is 1.98. The van der Waals surface area contributed by atoms with Crippen LogP contribution in [-0.2, 0) is 0 Å². The molecule has 0 aromatic heterocycles. The van der Waals surface area contributed by atoms with Gasteiger partial charge in [-0.05, 0) is 0 Å². The summed E-state index contributed by atoms with van der Waals surface area (Å²) in [7, 11) is -4.69. The van der Waals surface area contributed by atoms with Crippen LogP contribution in [0.25, 0.3) is 0 Å². The Morgan fingerprint density at radius 3 is 1.29 bits per heavy atom. The van der Waals surface area contributed by atoms with Gasteiger partial charge >= 0.3 is 0 Å². The fourth-order valence-electron chi connectivity index (χ4n) is 0. The van der Waals surface area contributed by atoms with Crippen LogP contribution in [-0.4, -0.2) is 21.2 Å². The van der Waals surface area contributed by atoms with Gasteiger partial charge in [0.1, 0.15) is 0 Å². The third-order valence-corrected chi connectivity index (χ3v) is 0. The van der Waals surface area contributed by atoms with Gasteiger partial charge in [0.2, 0.25) is 16.5 Å². The number of rotatable bonds is 0. The van der Waals surface area contributed by atoms with Gasteiger partial charge in [0.05, 0.1) is 14.9 Å². The molecule has 2 radical (unpaired) electrons. The van der Waals surface area contributed by atoms with Crippen LogP contribution >= 0.6 is 0 Å². The first kappa shape index (κ1) is 10.6. The summed E-state index contributed by atoms with van der Waals surface area (Å²) in [6.45, 7) is 0. The fraction of sp³-hybridized carbons (Fsp3) is 0. The summed E-state index contributed by atoms with van der Waals surface area (Å²) in [4.78, 5) is 0. The third-order valence-electron chi connectivity index (χ3n) is 0. The molecule has 0 rings (SSSR count). The summed E-state index contributed by atoms with van der Waals surface area (Å²) in [6.07, 6.45) is 0. The van der Waals surface area contributed by atoms with Crippen LogP contribution < -0.4 is 18.7 Å². The van der Waals surface area contributed by atoms with Crippen molar-refractivity contribution in [1.82, 2.24) is 0 Å². The molecule has 0 aliphatic carbocycles. The largest absolute Gasteiger partial charge is 0.428 e. The van der Waals surface area contributed by atoms with Crippen LogP contribution in [0, 0.1) is 10.2 Å². The smallest absolute Gasteiger partial charge is 0.247 e. The maximum absolute atomic E-state index is 8.60. The van der Waals surface area contributed by atoms with E-state index in [1.165, 1.54) is 0 Å². The minimum absolute atomic E-state index is 1.92. The van der Waals surface area contributed by atoms with Crippen LogP contribution in [0.4, 0.5) is 0 Å². The van der Waals surface area contributed by atoms with E-state index in [9.17, 15) is 0 Å². The first-order chi connectivity index (χ1) is 3.00. The lowest BCUT2D eigenvalue weighted by Gasteiger charge is -2.03. The molecule has 3 N–H and O–H groups in total. The van der Waals surface area contributed by atoms with Crippen molar-refractivity contribution in [1.29, 1.82) is 0 Å². The summed E-state index contributed by atoms with van der Waals surface area (Å²) < 4.78 is 37.1. The number of nitrogens with two attached hydrogens (primary N) is 1. The molecule has 0 aromatic rings. The molecule has 0 aliphatic rings. The first-order valence-corrected chi connectivity index (χ1v) is 2.90. The predicted octanol–water partition coefficient (Wildman–Crippen LogP) is -5.10. The normalized spacial score (nSPS) is 9.29. The van der Waals surface area contributed by atoms with Crippen LogP contribution in [0.2, 0.25) is 0 Å². The van der Waals surface area contributed by atoms with E-state index in [4.69, 9.17) is 18.6 Å². The van der Waals surface area contributed by atoms with Crippen LogP contribution in [0.5, 0.6) is 0 Å². The minimum atomic E-state index is -4.69. The van der Waals surface area contributed by atoms with E-state index in [1.54, 1.807) is 0 Å². The molecule has 0 saturated carbocycles. The lowest BCUT2D eigenvalue weighted by atomic mass is 13.9. The van der Waals surface area contributed by atoms with E-state index >= 15 is 0 Å². The summed E-state index contributed by atoms with van der Waals surface area (Å²) in [5.41, 5.74) is 0. The van der Waals surface area contributed by atoms with Gasteiger partial charge in [-0.1, -0.05) is 0 Å². The molecule has 0 spiro atoms. The first-order valence-electron chi connectivity index (χ1n) is 0.965. The second kappa shape index (κ2) is 4.77. The molecule has 0 heterocycles. The standard InChI is InChI=1S/Al.ClHO4.H2N/c;2-1(3,4)5;/h;(H,2,3,4,5);1H2/q+1;;-1. The quantitative estimate of drug-likeness (QED) is 0.329. The Morgan fingerprint density at radius 2 is 1.29 bits per heavy atom. The maximum Gasteiger partial charge on any atom is 0.247 e. The topological polar surface area (TPSA) is 115 Å². The molecule has 7 heteroatoms.